The summed E-state index contributed by atoms with van der Waals surface area (Å²) >= 11 is 6.17. The smallest absolute Gasteiger partial charge is 0.337 e. The van der Waals surface area contributed by atoms with Gasteiger partial charge in [-0.15, -0.1) is 0 Å². The summed E-state index contributed by atoms with van der Waals surface area (Å²) in [5, 5.41) is 18.4. The number of anilines is 2. The molecule has 0 heterocycles. The minimum atomic E-state index is -1.08. The zero-order valence-electron chi connectivity index (χ0n) is 11.6. The first-order chi connectivity index (χ1) is 9.36. The third-order valence-corrected chi connectivity index (χ3v) is 3.00. The van der Waals surface area contributed by atoms with Crippen molar-refractivity contribution >= 4 is 28.9 Å². The molecule has 0 spiro atoms. The van der Waals surface area contributed by atoms with Crippen LogP contribution in [-0.4, -0.2) is 24.2 Å². The van der Waals surface area contributed by atoms with Crippen LogP contribution in [0.5, 0.6) is 0 Å². The van der Waals surface area contributed by atoms with Gasteiger partial charge in [0.1, 0.15) is 0 Å². The first kappa shape index (κ1) is 16.1. The molecular formula is C14H18ClN3O2. The Balaban J connectivity index is 3.30. The molecule has 0 aliphatic carbocycles. The van der Waals surface area contributed by atoms with Crippen LogP contribution in [0, 0.1) is 17.2 Å². The molecule has 0 aromatic heterocycles. The maximum Gasteiger partial charge on any atom is 0.337 e. The van der Waals surface area contributed by atoms with Crippen molar-refractivity contribution < 1.29 is 9.90 Å². The second-order valence-electron chi connectivity index (χ2n) is 4.95. The molecule has 0 saturated heterocycles. The summed E-state index contributed by atoms with van der Waals surface area (Å²) in [5.74, 6) is -0.774. The van der Waals surface area contributed by atoms with Crippen molar-refractivity contribution in [3.63, 3.8) is 0 Å². The summed E-state index contributed by atoms with van der Waals surface area (Å²) in [6.07, 6.45) is 0.298. The Morgan fingerprint density at radius 3 is 2.70 bits per heavy atom. The van der Waals surface area contributed by atoms with Crippen LogP contribution in [0.3, 0.4) is 0 Å². The molecule has 5 nitrogen and oxygen atoms in total. The number of nitrogen functional groups attached to an aromatic ring is 1. The highest BCUT2D eigenvalue weighted by atomic mass is 35.5. The van der Waals surface area contributed by atoms with Gasteiger partial charge in [-0.05, 0) is 18.1 Å². The van der Waals surface area contributed by atoms with Gasteiger partial charge in [-0.1, -0.05) is 25.4 Å². The third kappa shape index (κ3) is 4.04. The Morgan fingerprint density at radius 1 is 1.55 bits per heavy atom. The van der Waals surface area contributed by atoms with E-state index >= 15 is 0 Å². The third-order valence-electron chi connectivity index (χ3n) is 2.71. The lowest BCUT2D eigenvalue weighted by atomic mass is 10.1. The second kappa shape index (κ2) is 7.01. The fraction of sp³-hybridized carbons (Fsp3) is 0.429. The first-order valence-electron chi connectivity index (χ1n) is 6.31. The molecule has 0 aliphatic rings. The van der Waals surface area contributed by atoms with Crippen LogP contribution in [-0.2, 0) is 0 Å². The second-order valence-corrected chi connectivity index (χ2v) is 5.36. The molecule has 0 aliphatic heterocycles. The van der Waals surface area contributed by atoms with Gasteiger partial charge in [-0.3, -0.25) is 0 Å². The Labute approximate surface area is 123 Å². The van der Waals surface area contributed by atoms with Gasteiger partial charge >= 0.3 is 5.97 Å². The van der Waals surface area contributed by atoms with Crippen molar-refractivity contribution in [3.05, 3.63) is 22.7 Å². The van der Waals surface area contributed by atoms with Crippen molar-refractivity contribution in [1.29, 1.82) is 5.26 Å². The molecule has 3 N–H and O–H groups in total. The van der Waals surface area contributed by atoms with E-state index in [1.54, 1.807) is 0 Å². The van der Waals surface area contributed by atoms with Crippen LogP contribution in [0.25, 0.3) is 0 Å². The van der Waals surface area contributed by atoms with E-state index < -0.39 is 5.97 Å². The SMILES string of the molecule is CC(C)CN(CCC#N)c1c(Cl)cc(N)cc1C(=O)O. The Bertz CT molecular complexity index is 538. The molecule has 0 fully saturated rings. The number of nitriles is 1. The maximum atomic E-state index is 11.4. The highest BCUT2D eigenvalue weighted by Gasteiger charge is 2.21. The molecule has 0 atom stereocenters. The van der Waals surface area contributed by atoms with E-state index in [-0.39, 0.29) is 5.56 Å². The Hall–Kier alpha value is -1.93. The van der Waals surface area contributed by atoms with Crippen LogP contribution >= 0.6 is 11.6 Å². The molecule has 0 unspecified atom stereocenters. The molecule has 20 heavy (non-hydrogen) atoms. The predicted octanol–water partition coefficient (Wildman–Crippen LogP) is 3.00. The van der Waals surface area contributed by atoms with E-state index in [4.69, 9.17) is 22.6 Å². The Kier molecular flexibility index (Phi) is 5.66. The lowest BCUT2D eigenvalue weighted by Gasteiger charge is -2.28. The highest BCUT2D eigenvalue weighted by Crippen LogP contribution is 2.33. The summed E-state index contributed by atoms with van der Waals surface area (Å²) in [6.45, 7) is 5.08. The fourth-order valence-corrected chi connectivity index (χ4v) is 2.37. The minimum absolute atomic E-state index is 0.0635. The molecule has 0 bridgehead atoms. The highest BCUT2D eigenvalue weighted by molar-refractivity contribution is 6.34. The number of nitrogens with two attached hydrogens (primary N) is 1. The molecule has 108 valence electrons. The number of carboxylic acid groups (broad SMARTS) is 1. The van der Waals surface area contributed by atoms with E-state index in [1.165, 1.54) is 12.1 Å². The fourth-order valence-electron chi connectivity index (χ4n) is 2.02. The quantitative estimate of drug-likeness (QED) is 0.787. The standard InChI is InChI=1S/C14H18ClN3O2/c1-9(2)8-18(5-3-4-16)13-11(14(19)20)6-10(17)7-12(13)15/h6-7,9H,3,5,8,17H2,1-2H3,(H,19,20). The number of rotatable bonds is 6. The van der Waals surface area contributed by atoms with Crippen LogP contribution in [0.2, 0.25) is 5.02 Å². The van der Waals surface area contributed by atoms with Gasteiger partial charge < -0.3 is 15.7 Å². The number of hydrogen-bond donors (Lipinski definition) is 2. The number of aromatic carboxylic acids is 1. The summed E-state index contributed by atoms with van der Waals surface area (Å²) in [4.78, 5) is 13.2. The van der Waals surface area contributed by atoms with Gasteiger partial charge in [0.25, 0.3) is 0 Å². The average Bonchev–Trinajstić information content (AvgIpc) is 2.33. The largest absolute Gasteiger partial charge is 0.478 e. The number of benzene rings is 1. The van der Waals surface area contributed by atoms with E-state index in [0.29, 0.717) is 41.8 Å². The van der Waals surface area contributed by atoms with Crippen molar-refractivity contribution in [3.8, 4) is 6.07 Å². The van der Waals surface area contributed by atoms with E-state index in [1.807, 2.05) is 18.7 Å². The normalized spacial score (nSPS) is 10.3. The van der Waals surface area contributed by atoms with Gasteiger partial charge in [0.05, 0.1) is 28.8 Å². The number of halogens is 1. The average molecular weight is 296 g/mol. The summed E-state index contributed by atoms with van der Waals surface area (Å²) in [5.41, 5.74) is 6.45. The zero-order chi connectivity index (χ0) is 15.3. The molecule has 0 amide bonds. The minimum Gasteiger partial charge on any atom is -0.478 e. The van der Waals surface area contributed by atoms with Crippen LogP contribution < -0.4 is 10.6 Å². The van der Waals surface area contributed by atoms with Crippen LogP contribution in [0.4, 0.5) is 11.4 Å². The van der Waals surface area contributed by atoms with E-state index in [0.717, 1.165) is 0 Å². The van der Waals surface area contributed by atoms with E-state index in [2.05, 4.69) is 6.07 Å². The Morgan fingerprint density at radius 2 is 2.20 bits per heavy atom. The molecule has 0 radical (unpaired) electrons. The molecule has 1 aromatic rings. The van der Waals surface area contributed by atoms with E-state index in [9.17, 15) is 9.90 Å². The maximum absolute atomic E-state index is 11.4. The monoisotopic (exact) mass is 295 g/mol. The van der Waals surface area contributed by atoms with Gasteiger partial charge in [0.15, 0.2) is 0 Å². The van der Waals surface area contributed by atoms with Gasteiger partial charge in [-0.25, -0.2) is 4.79 Å². The van der Waals surface area contributed by atoms with Crippen molar-refractivity contribution in [2.24, 2.45) is 5.92 Å². The lowest BCUT2D eigenvalue weighted by Crippen LogP contribution is -2.30. The number of nitrogens with zero attached hydrogens (tertiary/aromatic N) is 2. The summed E-state index contributed by atoms with van der Waals surface area (Å²) in [6, 6.07) is 4.99. The first-order valence-corrected chi connectivity index (χ1v) is 6.68. The molecule has 1 aromatic carbocycles. The van der Waals surface area contributed by atoms with Gasteiger partial charge in [0.2, 0.25) is 0 Å². The van der Waals surface area contributed by atoms with Crippen molar-refractivity contribution in [2.45, 2.75) is 20.3 Å². The molecule has 6 heteroatoms. The lowest BCUT2D eigenvalue weighted by molar-refractivity contribution is 0.0697. The summed E-state index contributed by atoms with van der Waals surface area (Å²) < 4.78 is 0. The number of carboxylic acids is 1. The molecular weight excluding hydrogens is 278 g/mol. The van der Waals surface area contributed by atoms with Crippen LogP contribution in [0.15, 0.2) is 12.1 Å². The summed E-state index contributed by atoms with van der Waals surface area (Å²) in [7, 11) is 0. The molecule has 0 saturated carbocycles. The molecule has 1 rings (SSSR count). The van der Waals surface area contributed by atoms with Gasteiger partial charge in [0, 0.05) is 18.8 Å². The van der Waals surface area contributed by atoms with Crippen LogP contribution in [0.1, 0.15) is 30.6 Å². The van der Waals surface area contributed by atoms with Crippen molar-refractivity contribution in [1.82, 2.24) is 0 Å². The van der Waals surface area contributed by atoms with Gasteiger partial charge in [-0.2, -0.15) is 5.26 Å². The topological polar surface area (TPSA) is 90.4 Å². The zero-order valence-corrected chi connectivity index (χ0v) is 12.3. The number of carbonyl (C=O) groups is 1. The predicted molar refractivity (Wildman–Crippen MR) is 80.1 cm³/mol. The number of hydrogen-bond acceptors (Lipinski definition) is 4. The van der Waals surface area contributed by atoms with Crippen molar-refractivity contribution in [2.75, 3.05) is 23.7 Å².